The number of ether oxygens (including phenoxy) is 4. The second kappa shape index (κ2) is 20.2. The number of alkyl carbamates (subject to hydrolysis) is 2. The third-order valence-corrected chi connectivity index (χ3v) is 9.74. The highest BCUT2D eigenvalue weighted by molar-refractivity contribution is 6.00. The van der Waals surface area contributed by atoms with Gasteiger partial charge in [-0.1, -0.05) is 48.6 Å². The fourth-order valence-electron chi connectivity index (χ4n) is 6.98. The summed E-state index contributed by atoms with van der Waals surface area (Å²) in [6.45, 7) is 21.2. The minimum Gasteiger partial charge on any atom is -0.444 e. The zero-order valence-corrected chi connectivity index (χ0v) is 41.0. The number of amides is 4. The van der Waals surface area contributed by atoms with E-state index in [0.717, 1.165) is 17.2 Å². The van der Waals surface area contributed by atoms with Crippen LogP contribution in [0.15, 0.2) is 64.6 Å². The van der Waals surface area contributed by atoms with Gasteiger partial charge >= 0.3 is 30.5 Å². The van der Waals surface area contributed by atoms with Gasteiger partial charge in [0.05, 0.1) is 5.56 Å². The molecule has 3 heterocycles. The summed E-state index contributed by atoms with van der Waals surface area (Å²) in [5, 5.41) is 13.7. The van der Waals surface area contributed by atoms with Crippen molar-refractivity contribution in [2.75, 3.05) is 26.2 Å². The molecule has 2 aliphatic rings. The molecule has 0 fully saturated rings. The van der Waals surface area contributed by atoms with Crippen LogP contribution in [-0.4, -0.2) is 109 Å². The summed E-state index contributed by atoms with van der Waals surface area (Å²) in [7, 11) is 1.68. The van der Waals surface area contributed by atoms with Crippen molar-refractivity contribution in [3.63, 3.8) is 0 Å². The summed E-state index contributed by atoms with van der Waals surface area (Å²) in [6, 6.07) is 11.6. The van der Waals surface area contributed by atoms with Crippen molar-refractivity contribution >= 4 is 47.4 Å². The lowest BCUT2D eigenvalue weighted by Gasteiger charge is -2.30. The lowest BCUT2D eigenvalue weighted by atomic mass is 9.93. The number of rotatable bonds is 4. The molecule has 2 aliphatic heterocycles. The molecule has 3 aromatic rings. The first kappa shape index (κ1) is 52.2. The normalized spacial score (nSPS) is 15.5. The van der Waals surface area contributed by atoms with Crippen LogP contribution in [0.5, 0.6) is 0 Å². The lowest BCUT2D eigenvalue weighted by Crippen LogP contribution is -2.48. The van der Waals surface area contributed by atoms with Crippen molar-refractivity contribution in [1.29, 1.82) is 0 Å². The van der Waals surface area contributed by atoms with E-state index < -0.39 is 58.5 Å². The highest BCUT2D eigenvalue weighted by Crippen LogP contribution is 2.39. The first-order valence-electron chi connectivity index (χ1n) is 22.1. The van der Waals surface area contributed by atoms with Crippen LogP contribution in [0.3, 0.4) is 0 Å². The molecule has 0 unspecified atom stereocenters. The van der Waals surface area contributed by atoms with E-state index in [0.29, 0.717) is 36.5 Å². The molecular formula is C48H62F3N9O8. The molecule has 0 atom stereocenters. The number of hydrogen-bond donors (Lipinski definition) is 2. The van der Waals surface area contributed by atoms with Gasteiger partial charge in [-0.2, -0.15) is 13.2 Å². The number of carbonyl (C=O) groups is 4. The summed E-state index contributed by atoms with van der Waals surface area (Å²) < 4.78 is 67.5. The van der Waals surface area contributed by atoms with Crippen LogP contribution in [0.2, 0.25) is 0 Å². The van der Waals surface area contributed by atoms with E-state index in [1.165, 1.54) is 6.07 Å². The van der Waals surface area contributed by atoms with Crippen LogP contribution in [0.25, 0.3) is 33.9 Å². The van der Waals surface area contributed by atoms with Crippen LogP contribution < -0.4 is 10.6 Å². The molecule has 1 aromatic heterocycles. The molecule has 0 aliphatic carbocycles. The van der Waals surface area contributed by atoms with E-state index in [1.807, 2.05) is 30.3 Å². The van der Waals surface area contributed by atoms with Crippen LogP contribution >= 0.6 is 0 Å². The largest absolute Gasteiger partial charge is 0.444 e. The molecule has 2 N–H and O–H groups in total. The molecule has 0 spiro atoms. The fraction of sp³-hybridized carbons (Fsp3) is 0.500. The Morgan fingerprint density at radius 1 is 0.574 bits per heavy atom. The number of nitrogens with one attached hydrogen (secondary N) is 2. The molecular weight excluding hydrogens is 888 g/mol. The number of hydrogen-bond acceptors (Lipinski definition) is 10. The van der Waals surface area contributed by atoms with Gasteiger partial charge in [-0.15, -0.1) is 20.2 Å². The monoisotopic (exact) mass is 949 g/mol. The van der Waals surface area contributed by atoms with Crippen molar-refractivity contribution in [2.24, 2.45) is 17.0 Å². The molecule has 0 radical (unpaired) electrons. The maximum absolute atomic E-state index is 14.8. The lowest BCUT2D eigenvalue weighted by molar-refractivity contribution is -0.137. The number of nitrogens with zero attached hydrogens (tertiary/aromatic N) is 7. The smallest absolute Gasteiger partial charge is 0.437 e. The zero-order valence-electron chi connectivity index (χ0n) is 41.0. The minimum atomic E-state index is -4.73. The Bertz CT molecular complexity index is 2500. The Morgan fingerprint density at radius 3 is 1.37 bits per heavy atom. The number of halogens is 3. The van der Waals surface area contributed by atoms with Gasteiger partial charge in [0.1, 0.15) is 22.4 Å². The second-order valence-corrected chi connectivity index (χ2v) is 20.2. The summed E-state index contributed by atoms with van der Waals surface area (Å²) in [4.78, 5) is 62.0. The van der Waals surface area contributed by atoms with Crippen molar-refractivity contribution in [3.8, 4) is 22.8 Å². The fourth-order valence-corrected chi connectivity index (χ4v) is 6.98. The first-order chi connectivity index (χ1) is 31.3. The molecule has 20 heteroatoms. The second-order valence-electron chi connectivity index (χ2n) is 20.2. The van der Waals surface area contributed by atoms with Crippen molar-refractivity contribution in [3.05, 3.63) is 71.3 Å². The molecule has 0 saturated heterocycles. The third-order valence-electron chi connectivity index (χ3n) is 9.74. The Hall–Kier alpha value is -6.73. The zero-order chi connectivity index (χ0) is 50.6. The Kier molecular flexibility index (Phi) is 15.6. The van der Waals surface area contributed by atoms with Gasteiger partial charge in [0.2, 0.25) is 11.9 Å². The van der Waals surface area contributed by atoms with Gasteiger partial charge in [-0.3, -0.25) is 10.6 Å². The predicted molar refractivity (Wildman–Crippen MR) is 251 cm³/mol. The van der Waals surface area contributed by atoms with Gasteiger partial charge in [0, 0.05) is 44.4 Å². The van der Waals surface area contributed by atoms with Crippen molar-refractivity contribution < 1.29 is 51.3 Å². The first-order valence-corrected chi connectivity index (χ1v) is 22.1. The summed E-state index contributed by atoms with van der Waals surface area (Å²) in [5.41, 5.74) is -0.946. The van der Waals surface area contributed by atoms with E-state index >= 15 is 0 Å². The number of alkyl halides is 3. The topological polar surface area (TPSA) is 191 Å². The molecule has 4 amide bonds. The molecule has 68 heavy (non-hydrogen) atoms. The number of guanidine groups is 2. The van der Waals surface area contributed by atoms with Crippen LogP contribution in [-0.2, 0) is 32.2 Å². The minimum absolute atomic E-state index is 0.000452. The van der Waals surface area contributed by atoms with Crippen LogP contribution in [0.1, 0.15) is 113 Å². The summed E-state index contributed by atoms with van der Waals surface area (Å²) in [5.74, 6) is 0.498. The van der Waals surface area contributed by atoms with E-state index in [-0.39, 0.29) is 48.4 Å². The highest BCUT2D eigenvalue weighted by atomic mass is 19.4. The van der Waals surface area contributed by atoms with Gasteiger partial charge in [-0.25, -0.2) is 19.2 Å². The van der Waals surface area contributed by atoms with Gasteiger partial charge < -0.3 is 33.3 Å². The molecule has 17 nitrogen and oxygen atoms in total. The van der Waals surface area contributed by atoms with Gasteiger partial charge in [0.15, 0.2) is 11.6 Å². The average Bonchev–Trinajstić information content (AvgIpc) is 3.58. The number of aromatic nitrogens is 3. The maximum Gasteiger partial charge on any atom is 0.437 e. The van der Waals surface area contributed by atoms with Crippen molar-refractivity contribution in [2.45, 2.75) is 125 Å². The molecule has 0 bridgehead atoms. The van der Waals surface area contributed by atoms with Gasteiger partial charge in [-0.05, 0) is 124 Å². The standard InChI is InChI=1S/C48H62F3N9O8/c1-44(2,3)65-40(61)52-38(53-41(62)66-45(4,5)6)59-24-20-30(21-25-59)29-14-16-32(17-15-29)36-56-57-37(58(36)13)33-18-19-34(35(28-33)48(49,50)51)31-22-26-60(27-23-31)39(54-42(63)67-46(7,8)9)55-43(64)68-47(10,11)12/h14-20,22,28H,21,23-27H2,1-13H3,(H,52,53,61,62)(H,54,55,63,64). The number of carbonyl (C=O) groups excluding carboxylic acids is 4. The molecule has 0 saturated carbocycles. The van der Waals surface area contributed by atoms with Crippen molar-refractivity contribution in [1.82, 2.24) is 35.2 Å². The SMILES string of the molecule is Cn1c(-c2ccc(C3=CCN(C(=NC(=O)OC(C)(C)C)NC(=O)OC(C)(C)C)CC3)cc2)nnc1-c1ccc(C2=CCN(C(=NC(=O)OC(C)(C)C)NC(=O)OC(C)(C)C)CC2)c(C(F)(F)F)c1. The predicted octanol–water partition coefficient (Wildman–Crippen LogP) is 9.98. The van der Waals surface area contributed by atoms with E-state index in [4.69, 9.17) is 18.9 Å². The third kappa shape index (κ3) is 15.1. The average molecular weight is 950 g/mol. The summed E-state index contributed by atoms with van der Waals surface area (Å²) in [6.07, 6.45) is -3.95. The molecule has 2 aromatic carbocycles. The molecule has 5 rings (SSSR count). The highest BCUT2D eigenvalue weighted by Gasteiger charge is 2.36. The van der Waals surface area contributed by atoms with Crippen LogP contribution in [0.4, 0.5) is 32.3 Å². The Labute approximate surface area is 394 Å². The van der Waals surface area contributed by atoms with Gasteiger partial charge in [0.25, 0.3) is 0 Å². The number of benzene rings is 2. The summed E-state index contributed by atoms with van der Waals surface area (Å²) >= 11 is 0. The van der Waals surface area contributed by atoms with E-state index in [9.17, 15) is 32.3 Å². The Morgan fingerprint density at radius 2 is 0.971 bits per heavy atom. The van der Waals surface area contributed by atoms with E-state index in [2.05, 4.69) is 30.8 Å². The number of aliphatic imine (C=N–C) groups is 2. The Balaban J connectivity index is 1.33. The quantitative estimate of drug-likeness (QED) is 0.143. The van der Waals surface area contributed by atoms with E-state index in [1.54, 1.807) is 117 Å². The maximum atomic E-state index is 14.8. The van der Waals surface area contributed by atoms with Crippen LogP contribution in [0, 0.1) is 0 Å². The molecule has 368 valence electrons.